The Kier molecular flexibility index (Phi) is 4.41. The summed E-state index contributed by atoms with van der Waals surface area (Å²) in [6.45, 7) is 3.35. The number of rotatable bonds is 5. The minimum atomic E-state index is 0.679. The second-order valence-corrected chi connectivity index (χ2v) is 6.12. The Balaban J connectivity index is 1.85. The van der Waals surface area contributed by atoms with Crippen molar-refractivity contribution in [2.75, 3.05) is 6.54 Å². The largest absolute Gasteiger partial charge is 0.313 e. The van der Waals surface area contributed by atoms with Gasteiger partial charge in [-0.2, -0.15) is 4.37 Å². The van der Waals surface area contributed by atoms with Gasteiger partial charge in [-0.15, -0.1) is 0 Å². The quantitative estimate of drug-likeness (QED) is 0.862. The van der Waals surface area contributed by atoms with Crippen LogP contribution >= 0.6 is 23.3 Å². The molecule has 1 aromatic heterocycles. The van der Waals surface area contributed by atoms with Gasteiger partial charge in [0, 0.05) is 11.3 Å². The van der Waals surface area contributed by atoms with Gasteiger partial charge in [-0.05, 0) is 37.3 Å². The van der Waals surface area contributed by atoms with Crippen LogP contribution in [0.1, 0.15) is 32.6 Å². The molecule has 0 bridgehead atoms. The topological polar surface area (TPSA) is 37.8 Å². The molecule has 2 unspecified atom stereocenters. The molecule has 0 amide bonds. The first-order valence-electron chi connectivity index (χ1n) is 5.57. The van der Waals surface area contributed by atoms with E-state index in [0.717, 1.165) is 10.9 Å². The zero-order valence-corrected chi connectivity index (χ0v) is 10.6. The summed E-state index contributed by atoms with van der Waals surface area (Å²) in [6.07, 6.45) is 6.84. The van der Waals surface area contributed by atoms with E-state index < -0.39 is 0 Å². The maximum absolute atomic E-state index is 4.24. The first-order chi connectivity index (χ1) is 7.40. The maximum atomic E-state index is 4.24. The second kappa shape index (κ2) is 5.82. The van der Waals surface area contributed by atoms with E-state index in [1.165, 1.54) is 37.2 Å². The third-order valence-electron chi connectivity index (χ3n) is 2.70. The highest BCUT2D eigenvalue weighted by atomic mass is 32.2. The molecular weight excluding hydrogens is 226 g/mol. The molecule has 1 fully saturated rings. The van der Waals surface area contributed by atoms with Crippen LogP contribution in [-0.2, 0) is 0 Å². The molecule has 0 aliphatic heterocycles. The first-order valence-corrected chi connectivity index (χ1v) is 7.22. The molecule has 3 nitrogen and oxygen atoms in total. The van der Waals surface area contributed by atoms with Gasteiger partial charge in [0.05, 0.1) is 0 Å². The second-order valence-electron chi connectivity index (χ2n) is 3.85. The van der Waals surface area contributed by atoms with Crippen LogP contribution in [0.4, 0.5) is 0 Å². The molecule has 0 saturated heterocycles. The lowest BCUT2D eigenvalue weighted by Gasteiger charge is -2.18. The van der Waals surface area contributed by atoms with E-state index in [2.05, 4.69) is 21.6 Å². The zero-order valence-electron chi connectivity index (χ0n) is 8.98. The number of nitrogens with one attached hydrogen (secondary N) is 1. The molecule has 1 saturated carbocycles. The van der Waals surface area contributed by atoms with Crippen LogP contribution in [0.3, 0.4) is 0 Å². The van der Waals surface area contributed by atoms with Gasteiger partial charge in [0.2, 0.25) is 0 Å². The van der Waals surface area contributed by atoms with Gasteiger partial charge in [-0.3, -0.25) is 0 Å². The predicted octanol–water partition coefficient (Wildman–Crippen LogP) is 2.55. The van der Waals surface area contributed by atoms with Crippen molar-refractivity contribution in [1.82, 2.24) is 14.7 Å². The Labute approximate surface area is 99.2 Å². The summed E-state index contributed by atoms with van der Waals surface area (Å²) in [4.78, 5) is 4.24. The first kappa shape index (κ1) is 11.4. The summed E-state index contributed by atoms with van der Waals surface area (Å²) in [7, 11) is 0. The average molecular weight is 243 g/mol. The van der Waals surface area contributed by atoms with Crippen molar-refractivity contribution in [2.24, 2.45) is 0 Å². The van der Waals surface area contributed by atoms with Crippen LogP contribution in [0.25, 0.3) is 0 Å². The molecule has 84 valence electrons. The number of nitrogens with zero attached hydrogens (tertiary/aromatic N) is 2. The monoisotopic (exact) mass is 243 g/mol. The molecule has 1 N–H and O–H groups in total. The Morgan fingerprint density at radius 2 is 2.53 bits per heavy atom. The highest BCUT2D eigenvalue weighted by Gasteiger charge is 2.28. The van der Waals surface area contributed by atoms with E-state index in [4.69, 9.17) is 0 Å². The van der Waals surface area contributed by atoms with Crippen LogP contribution < -0.4 is 5.32 Å². The van der Waals surface area contributed by atoms with Crippen molar-refractivity contribution >= 4 is 23.3 Å². The molecule has 1 heterocycles. The lowest BCUT2D eigenvalue weighted by molar-refractivity contribution is 0.531. The van der Waals surface area contributed by atoms with Crippen LogP contribution in [0.15, 0.2) is 10.7 Å². The molecule has 0 radical (unpaired) electrons. The molecule has 0 aromatic carbocycles. The van der Waals surface area contributed by atoms with Gasteiger partial charge < -0.3 is 5.32 Å². The van der Waals surface area contributed by atoms with Gasteiger partial charge in [-0.25, -0.2) is 4.98 Å². The third kappa shape index (κ3) is 3.16. The van der Waals surface area contributed by atoms with Gasteiger partial charge in [0.25, 0.3) is 0 Å². The standard InChI is InChI=1S/C10H17N3S2/c1-2-6-11-8-4-3-5-9(8)14-10-12-7-13-15-10/h7-9,11H,2-6H2,1H3. The van der Waals surface area contributed by atoms with Crippen LogP contribution in [-0.4, -0.2) is 27.2 Å². The van der Waals surface area contributed by atoms with Gasteiger partial charge in [-0.1, -0.05) is 25.1 Å². The van der Waals surface area contributed by atoms with E-state index in [0.29, 0.717) is 11.3 Å². The lowest BCUT2D eigenvalue weighted by atomic mass is 10.2. The van der Waals surface area contributed by atoms with E-state index >= 15 is 0 Å². The number of hydrogen-bond acceptors (Lipinski definition) is 5. The molecule has 1 aliphatic carbocycles. The normalized spacial score (nSPS) is 25.9. The lowest BCUT2D eigenvalue weighted by Crippen LogP contribution is -2.34. The Bertz CT molecular complexity index is 276. The molecule has 2 atom stereocenters. The molecule has 2 rings (SSSR count). The Hall–Kier alpha value is -0.130. The fourth-order valence-electron chi connectivity index (χ4n) is 1.97. The van der Waals surface area contributed by atoms with Crippen molar-refractivity contribution in [3.8, 4) is 0 Å². The summed E-state index contributed by atoms with van der Waals surface area (Å²) in [5.74, 6) is 0. The molecule has 0 spiro atoms. The van der Waals surface area contributed by atoms with Crippen LogP contribution in [0, 0.1) is 0 Å². The maximum Gasteiger partial charge on any atom is 0.170 e. The van der Waals surface area contributed by atoms with Gasteiger partial charge in [0.1, 0.15) is 6.33 Å². The highest BCUT2D eigenvalue weighted by molar-refractivity contribution is 8.01. The van der Waals surface area contributed by atoms with Crippen molar-refractivity contribution < 1.29 is 0 Å². The van der Waals surface area contributed by atoms with Crippen LogP contribution in [0.2, 0.25) is 0 Å². The van der Waals surface area contributed by atoms with Crippen molar-refractivity contribution in [1.29, 1.82) is 0 Å². The average Bonchev–Trinajstić information content (AvgIpc) is 2.87. The number of hydrogen-bond donors (Lipinski definition) is 1. The third-order valence-corrected chi connectivity index (χ3v) is 4.85. The smallest absolute Gasteiger partial charge is 0.170 e. The highest BCUT2D eigenvalue weighted by Crippen LogP contribution is 2.35. The van der Waals surface area contributed by atoms with E-state index in [-0.39, 0.29) is 0 Å². The summed E-state index contributed by atoms with van der Waals surface area (Å²) in [5.41, 5.74) is 0. The molecule has 1 aliphatic rings. The van der Waals surface area contributed by atoms with Crippen molar-refractivity contribution in [2.45, 2.75) is 48.2 Å². The summed E-state index contributed by atoms with van der Waals surface area (Å²) >= 11 is 3.41. The van der Waals surface area contributed by atoms with Crippen molar-refractivity contribution in [3.63, 3.8) is 0 Å². The minimum Gasteiger partial charge on any atom is -0.313 e. The number of thioether (sulfide) groups is 1. The summed E-state index contributed by atoms with van der Waals surface area (Å²) in [6, 6.07) is 0.679. The minimum absolute atomic E-state index is 0.679. The van der Waals surface area contributed by atoms with Gasteiger partial charge >= 0.3 is 0 Å². The summed E-state index contributed by atoms with van der Waals surface area (Å²) < 4.78 is 5.16. The van der Waals surface area contributed by atoms with E-state index in [9.17, 15) is 0 Å². The summed E-state index contributed by atoms with van der Waals surface area (Å²) in [5, 5.41) is 4.33. The van der Waals surface area contributed by atoms with E-state index in [1.54, 1.807) is 6.33 Å². The molecule has 15 heavy (non-hydrogen) atoms. The molecule has 1 aromatic rings. The predicted molar refractivity (Wildman–Crippen MR) is 65.5 cm³/mol. The van der Waals surface area contributed by atoms with E-state index in [1.807, 2.05) is 11.8 Å². The fourth-order valence-corrected chi connectivity index (χ4v) is 3.97. The van der Waals surface area contributed by atoms with Gasteiger partial charge in [0.15, 0.2) is 4.34 Å². The fraction of sp³-hybridized carbons (Fsp3) is 0.800. The SMILES string of the molecule is CCCNC1CCCC1Sc1ncns1. The Morgan fingerprint density at radius 3 is 3.27 bits per heavy atom. The van der Waals surface area contributed by atoms with Crippen molar-refractivity contribution in [3.05, 3.63) is 6.33 Å². The molecule has 5 heteroatoms. The molecular formula is C10H17N3S2. The Morgan fingerprint density at radius 1 is 1.60 bits per heavy atom. The zero-order chi connectivity index (χ0) is 10.5. The van der Waals surface area contributed by atoms with Crippen LogP contribution in [0.5, 0.6) is 0 Å². The number of aromatic nitrogens is 2.